The van der Waals surface area contributed by atoms with Crippen LogP contribution in [0.25, 0.3) is 10.9 Å². The number of nitrogens with zero attached hydrogens (tertiary/aromatic N) is 1. The van der Waals surface area contributed by atoms with Gasteiger partial charge in [0.2, 0.25) is 0 Å². The van der Waals surface area contributed by atoms with Crippen LogP contribution in [-0.4, -0.2) is 41.2 Å². The summed E-state index contributed by atoms with van der Waals surface area (Å²) in [6, 6.07) is 11.6. The van der Waals surface area contributed by atoms with E-state index in [2.05, 4.69) is 0 Å². The van der Waals surface area contributed by atoms with Crippen LogP contribution in [0.3, 0.4) is 0 Å². The third-order valence-corrected chi connectivity index (χ3v) is 5.84. The molecule has 8 heteroatoms. The van der Waals surface area contributed by atoms with E-state index in [1.807, 2.05) is 6.92 Å². The number of ether oxygens (including phenoxy) is 2. The summed E-state index contributed by atoms with van der Waals surface area (Å²) in [5.74, 6) is -2.46. The van der Waals surface area contributed by atoms with Crippen molar-refractivity contribution in [3.8, 4) is 5.75 Å². The van der Waals surface area contributed by atoms with Crippen LogP contribution in [0.1, 0.15) is 40.9 Å². The maximum atomic E-state index is 13.4. The van der Waals surface area contributed by atoms with Crippen LogP contribution in [0.5, 0.6) is 5.75 Å². The van der Waals surface area contributed by atoms with Gasteiger partial charge in [-0.3, -0.25) is 14.2 Å². The first-order valence-electron chi connectivity index (χ1n) is 11.0. The minimum absolute atomic E-state index is 0.0326. The predicted octanol–water partition coefficient (Wildman–Crippen LogP) is 5.53. The van der Waals surface area contributed by atoms with E-state index in [1.54, 1.807) is 67.6 Å². The molecule has 35 heavy (non-hydrogen) atoms. The Bertz CT molecular complexity index is 1300. The topological polar surface area (TPSA) is 94.8 Å². The largest absolute Gasteiger partial charge is 0.497 e. The standard InChI is InChI=1S/C27H26ClNO6/c1-4-5-6-7-24(30)35-15-14-21(27(32)33)25-17(2)29(23-13-12-20(34-3)16-22(23)25)26(31)18-8-10-19(28)11-9-18/h4-13,16,21H,14-15H2,1-3H3,(H,32,33). The van der Waals surface area contributed by atoms with Gasteiger partial charge in [0.1, 0.15) is 5.75 Å². The Morgan fingerprint density at radius 1 is 1.11 bits per heavy atom. The predicted molar refractivity (Wildman–Crippen MR) is 134 cm³/mol. The molecular weight excluding hydrogens is 470 g/mol. The molecule has 1 atom stereocenters. The first-order chi connectivity index (χ1) is 16.8. The average Bonchev–Trinajstić information content (AvgIpc) is 3.12. The lowest BCUT2D eigenvalue weighted by Gasteiger charge is -2.14. The fourth-order valence-corrected chi connectivity index (χ4v) is 4.06. The third kappa shape index (κ3) is 5.81. The number of halogens is 1. The van der Waals surface area contributed by atoms with Crippen LogP contribution < -0.4 is 4.74 Å². The number of hydrogen-bond acceptors (Lipinski definition) is 5. The van der Waals surface area contributed by atoms with Crippen molar-refractivity contribution in [2.45, 2.75) is 26.2 Å². The number of carbonyl (C=O) groups excluding carboxylic acids is 2. The molecule has 0 fully saturated rings. The van der Waals surface area contributed by atoms with Crippen molar-refractivity contribution in [2.24, 2.45) is 0 Å². The van der Waals surface area contributed by atoms with Crippen LogP contribution in [-0.2, 0) is 14.3 Å². The zero-order chi connectivity index (χ0) is 25.5. The zero-order valence-electron chi connectivity index (χ0n) is 19.7. The number of aromatic nitrogens is 1. The summed E-state index contributed by atoms with van der Waals surface area (Å²) in [7, 11) is 1.51. The van der Waals surface area contributed by atoms with Gasteiger partial charge >= 0.3 is 11.9 Å². The van der Waals surface area contributed by atoms with Gasteiger partial charge in [0.25, 0.3) is 5.91 Å². The molecule has 0 saturated heterocycles. The quantitative estimate of drug-likeness (QED) is 0.238. The van der Waals surface area contributed by atoms with Crippen molar-refractivity contribution >= 4 is 40.3 Å². The second-order valence-corrected chi connectivity index (χ2v) is 8.20. The highest BCUT2D eigenvalue weighted by Crippen LogP contribution is 2.36. The summed E-state index contributed by atoms with van der Waals surface area (Å²) in [5, 5.41) is 11.1. The van der Waals surface area contributed by atoms with E-state index >= 15 is 0 Å². The minimum Gasteiger partial charge on any atom is -0.497 e. The third-order valence-electron chi connectivity index (χ3n) is 5.59. The number of methoxy groups -OCH3 is 1. The summed E-state index contributed by atoms with van der Waals surface area (Å²) in [6.07, 6.45) is 6.30. The molecule has 3 aromatic rings. The van der Waals surface area contributed by atoms with E-state index in [0.29, 0.717) is 38.5 Å². The van der Waals surface area contributed by atoms with E-state index < -0.39 is 17.9 Å². The molecule has 0 aliphatic carbocycles. The number of hydrogen-bond donors (Lipinski definition) is 1. The minimum atomic E-state index is -1.09. The molecule has 1 heterocycles. The second-order valence-electron chi connectivity index (χ2n) is 7.76. The Labute approximate surface area is 208 Å². The van der Waals surface area contributed by atoms with Gasteiger partial charge in [0, 0.05) is 27.7 Å². The summed E-state index contributed by atoms with van der Waals surface area (Å²) >= 11 is 5.97. The molecule has 0 radical (unpaired) electrons. The van der Waals surface area contributed by atoms with E-state index in [1.165, 1.54) is 17.8 Å². The highest BCUT2D eigenvalue weighted by atomic mass is 35.5. The van der Waals surface area contributed by atoms with Gasteiger partial charge in [-0.15, -0.1) is 0 Å². The molecule has 3 rings (SSSR count). The van der Waals surface area contributed by atoms with Crippen molar-refractivity contribution in [3.63, 3.8) is 0 Å². The van der Waals surface area contributed by atoms with Crippen molar-refractivity contribution in [2.75, 3.05) is 13.7 Å². The molecule has 0 bridgehead atoms. The Hall–Kier alpha value is -3.84. The van der Waals surface area contributed by atoms with Crippen LogP contribution in [0, 0.1) is 6.92 Å². The van der Waals surface area contributed by atoms with Crippen molar-refractivity contribution in [1.29, 1.82) is 0 Å². The summed E-state index contributed by atoms with van der Waals surface area (Å²) in [4.78, 5) is 37.6. The first kappa shape index (κ1) is 25.8. The summed E-state index contributed by atoms with van der Waals surface area (Å²) < 4.78 is 12.0. The number of rotatable bonds is 9. The number of benzene rings is 2. The summed E-state index contributed by atoms with van der Waals surface area (Å²) in [6.45, 7) is 3.42. The van der Waals surface area contributed by atoms with Crippen molar-refractivity contribution in [1.82, 2.24) is 4.57 Å². The SMILES string of the molecule is CC=CC=CC(=O)OCCC(C(=O)O)c1c(C)n(C(=O)c2ccc(Cl)cc2)c2ccc(OC)cc12. The van der Waals surface area contributed by atoms with Gasteiger partial charge in [-0.2, -0.15) is 0 Å². The maximum Gasteiger partial charge on any atom is 0.330 e. The molecule has 1 unspecified atom stereocenters. The molecular formula is C27H26ClNO6. The van der Waals surface area contributed by atoms with E-state index in [-0.39, 0.29) is 18.9 Å². The molecule has 0 aliphatic heterocycles. The van der Waals surface area contributed by atoms with E-state index in [9.17, 15) is 19.5 Å². The Kier molecular flexibility index (Phi) is 8.49. The highest BCUT2D eigenvalue weighted by Gasteiger charge is 2.30. The fraction of sp³-hybridized carbons (Fsp3) is 0.222. The molecule has 0 saturated carbocycles. The normalized spacial score (nSPS) is 12.3. The highest BCUT2D eigenvalue weighted by molar-refractivity contribution is 6.30. The molecule has 1 aromatic heterocycles. The molecule has 0 amide bonds. The number of aliphatic carboxylic acids is 1. The van der Waals surface area contributed by atoms with Crippen LogP contribution in [0.2, 0.25) is 5.02 Å². The van der Waals surface area contributed by atoms with Crippen LogP contribution in [0.4, 0.5) is 0 Å². The van der Waals surface area contributed by atoms with Crippen LogP contribution >= 0.6 is 11.6 Å². The number of allylic oxidation sites excluding steroid dienone is 3. The number of carboxylic acid groups (broad SMARTS) is 1. The van der Waals surface area contributed by atoms with Gasteiger partial charge in [0.05, 0.1) is 25.2 Å². The van der Waals surface area contributed by atoms with Crippen molar-refractivity contribution in [3.05, 3.63) is 88.6 Å². The number of carboxylic acids is 1. The van der Waals surface area contributed by atoms with E-state index in [0.717, 1.165) is 0 Å². The molecule has 0 spiro atoms. The Morgan fingerprint density at radius 2 is 1.83 bits per heavy atom. The zero-order valence-corrected chi connectivity index (χ0v) is 20.4. The number of fused-ring (bicyclic) bond motifs is 1. The maximum absolute atomic E-state index is 13.4. The Morgan fingerprint density at radius 3 is 2.46 bits per heavy atom. The molecule has 0 aliphatic rings. The van der Waals surface area contributed by atoms with Gasteiger partial charge in [-0.05, 0) is 68.3 Å². The smallest absolute Gasteiger partial charge is 0.330 e. The molecule has 182 valence electrons. The van der Waals surface area contributed by atoms with Crippen molar-refractivity contribution < 1.29 is 29.0 Å². The monoisotopic (exact) mass is 495 g/mol. The van der Waals surface area contributed by atoms with Gasteiger partial charge < -0.3 is 14.6 Å². The van der Waals surface area contributed by atoms with Gasteiger partial charge in [-0.1, -0.05) is 29.8 Å². The number of esters is 1. The Balaban J connectivity index is 2.04. The lowest BCUT2D eigenvalue weighted by Crippen LogP contribution is -2.18. The lowest BCUT2D eigenvalue weighted by atomic mass is 9.93. The average molecular weight is 496 g/mol. The first-order valence-corrected chi connectivity index (χ1v) is 11.3. The molecule has 1 N–H and O–H groups in total. The molecule has 7 nitrogen and oxygen atoms in total. The molecule has 2 aromatic carbocycles. The lowest BCUT2D eigenvalue weighted by molar-refractivity contribution is -0.142. The second kappa shape index (κ2) is 11.5. The van der Waals surface area contributed by atoms with Gasteiger partial charge in [-0.25, -0.2) is 4.79 Å². The fourth-order valence-electron chi connectivity index (χ4n) is 3.93. The summed E-state index contributed by atoms with van der Waals surface area (Å²) in [5.41, 5.74) is 1.91. The van der Waals surface area contributed by atoms with E-state index in [4.69, 9.17) is 21.1 Å². The van der Waals surface area contributed by atoms with Crippen LogP contribution in [0.15, 0.2) is 66.8 Å². The number of carbonyl (C=O) groups is 3. The van der Waals surface area contributed by atoms with Gasteiger partial charge in [0.15, 0.2) is 0 Å².